The van der Waals surface area contributed by atoms with Crippen LogP contribution < -0.4 is 10.1 Å². The first kappa shape index (κ1) is 12.3. The Morgan fingerprint density at radius 2 is 2.21 bits per heavy atom. The van der Waals surface area contributed by atoms with Gasteiger partial charge >= 0.3 is 0 Å². The molecule has 0 saturated heterocycles. The minimum Gasteiger partial charge on any atom is -0.493 e. The minimum absolute atomic E-state index is 0.0630. The molecule has 0 saturated carbocycles. The molecule has 2 heterocycles. The summed E-state index contributed by atoms with van der Waals surface area (Å²) in [6.45, 7) is 3.79. The predicted molar refractivity (Wildman–Crippen MR) is 74.5 cm³/mol. The quantitative estimate of drug-likeness (QED) is 0.912. The fourth-order valence-electron chi connectivity index (χ4n) is 2.67. The van der Waals surface area contributed by atoms with Crippen LogP contribution in [0.2, 0.25) is 0 Å². The van der Waals surface area contributed by atoms with Gasteiger partial charge in [-0.25, -0.2) is 0 Å². The molecule has 1 aromatic carbocycles. The van der Waals surface area contributed by atoms with Gasteiger partial charge in [-0.05, 0) is 37.1 Å². The van der Waals surface area contributed by atoms with E-state index in [2.05, 4.69) is 30.4 Å². The number of benzene rings is 1. The maximum Gasteiger partial charge on any atom is 0.127 e. The van der Waals surface area contributed by atoms with E-state index in [0.717, 1.165) is 37.5 Å². The summed E-state index contributed by atoms with van der Waals surface area (Å²) in [6.07, 6.45) is 3.92. The zero-order valence-electron chi connectivity index (χ0n) is 11.2. The summed E-state index contributed by atoms with van der Waals surface area (Å²) in [5.41, 5.74) is 2.48. The standard InChI is InChI=1S/C16H19NO2/c1-2-17-15(14-9-5-10-18-14)13-8-3-6-12-7-4-11-19-16(12)13/h3,5-6,8-10,15,17H,2,4,7,11H2,1H3. The summed E-state index contributed by atoms with van der Waals surface area (Å²) in [4.78, 5) is 0. The lowest BCUT2D eigenvalue weighted by Gasteiger charge is -2.24. The SMILES string of the molecule is CCNC(c1ccco1)c1cccc2c1OCCC2. The lowest BCUT2D eigenvalue weighted by Crippen LogP contribution is -2.23. The number of para-hydroxylation sites is 1. The van der Waals surface area contributed by atoms with Gasteiger partial charge in [-0.3, -0.25) is 0 Å². The minimum atomic E-state index is 0.0630. The zero-order valence-corrected chi connectivity index (χ0v) is 11.2. The molecule has 1 aliphatic heterocycles. The number of hydrogen-bond donors (Lipinski definition) is 1. The Bertz CT molecular complexity index is 534. The largest absolute Gasteiger partial charge is 0.493 e. The summed E-state index contributed by atoms with van der Waals surface area (Å²) in [5, 5.41) is 3.48. The highest BCUT2D eigenvalue weighted by molar-refractivity contribution is 5.46. The second-order valence-electron chi connectivity index (χ2n) is 4.79. The fourth-order valence-corrected chi connectivity index (χ4v) is 2.67. The van der Waals surface area contributed by atoms with Gasteiger partial charge < -0.3 is 14.5 Å². The van der Waals surface area contributed by atoms with E-state index < -0.39 is 0 Å². The predicted octanol–water partition coefficient (Wildman–Crippen LogP) is 3.30. The van der Waals surface area contributed by atoms with Crippen molar-refractivity contribution in [2.75, 3.05) is 13.2 Å². The van der Waals surface area contributed by atoms with Gasteiger partial charge in [-0.15, -0.1) is 0 Å². The summed E-state index contributed by atoms with van der Waals surface area (Å²) in [5.74, 6) is 1.97. The Kier molecular flexibility index (Phi) is 3.56. The molecule has 0 radical (unpaired) electrons. The molecule has 2 aromatic rings. The molecular weight excluding hydrogens is 238 g/mol. The molecule has 1 unspecified atom stereocenters. The average molecular weight is 257 g/mol. The van der Waals surface area contributed by atoms with Crippen LogP contribution in [0.1, 0.15) is 36.3 Å². The van der Waals surface area contributed by atoms with Crippen LogP contribution in [-0.4, -0.2) is 13.2 Å². The van der Waals surface area contributed by atoms with Crippen molar-refractivity contribution < 1.29 is 9.15 Å². The fraction of sp³-hybridized carbons (Fsp3) is 0.375. The van der Waals surface area contributed by atoms with Crippen LogP contribution in [0.5, 0.6) is 5.75 Å². The van der Waals surface area contributed by atoms with Crippen LogP contribution in [-0.2, 0) is 6.42 Å². The van der Waals surface area contributed by atoms with E-state index in [1.807, 2.05) is 12.1 Å². The van der Waals surface area contributed by atoms with Crippen molar-refractivity contribution >= 4 is 0 Å². The van der Waals surface area contributed by atoms with Gasteiger partial charge in [0, 0.05) is 5.56 Å². The first-order chi connectivity index (χ1) is 9.40. The average Bonchev–Trinajstić information content (AvgIpc) is 2.98. The third kappa shape index (κ3) is 2.38. The lowest BCUT2D eigenvalue weighted by molar-refractivity contribution is 0.281. The van der Waals surface area contributed by atoms with E-state index in [1.165, 1.54) is 11.1 Å². The highest BCUT2D eigenvalue weighted by Gasteiger charge is 2.23. The smallest absolute Gasteiger partial charge is 0.127 e. The van der Waals surface area contributed by atoms with Crippen molar-refractivity contribution in [3.05, 3.63) is 53.5 Å². The third-order valence-corrected chi connectivity index (χ3v) is 3.51. The second kappa shape index (κ2) is 5.49. The third-order valence-electron chi connectivity index (χ3n) is 3.51. The van der Waals surface area contributed by atoms with Gasteiger partial charge in [0.25, 0.3) is 0 Å². The molecule has 0 spiro atoms. The van der Waals surface area contributed by atoms with Gasteiger partial charge in [-0.1, -0.05) is 25.1 Å². The number of fused-ring (bicyclic) bond motifs is 1. The molecule has 1 aromatic heterocycles. The summed E-state index contributed by atoms with van der Waals surface area (Å²) >= 11 is 0. The van der Waals surface area contributed by atoms with Gasteiger partial charge in [0.15, 0.2) is 0 Å². The number of nitrogens with one attached hydrogen (secondary N) is 1. The van der Waals surface area contributed by atoms with Gasteiger partial charge in [0.1, 0.15) is 11.5 Å². The van der Waals surface area contributed by atoms with Crippen LogP contribution in [0.4, 0.5) is 0 Å². The van der Waals surface area contributed by atoms with Crippen LogP contribution in [0.3, 0.4) is 0 Å². The Labute approximate surface area is 113 Å². The maximum atomic E-state index is 5.90. The van der Waals surface area contributed by atoms with E-state index in [0.29, 0.717) is 0 Å². The zero-order chi connectivity index (χ0) is 13.1. The van der Waals surface area contributed by atoms with Gasteiger partial charge in [0.2, 0.25) is 0 Å². The van der Waals surface area contributed by atoms with E-state index >= 15 is 0 Å². The molecule has 3 nitrogen and oxygen atoms in total. The summed E-state index contributed by atoms with van der Waals surface area (Å²) in [6, 6.07) is 10.4. The molecule has 100 valence electrons. The maximum absolute atomic E-state index is 5.90. The van der Waals surface area contributed by atoms with Gasteiger partial charge in [-0.2, -0.15) is 0 Å². The number of aryl methyl sites for hydroxylation is 1. The van der Waals surface area contributed by atoms with Crippen molar-refractivity contribution in [3.8, 4) is 5.75 Å². The van der Waals surface area contributed by atoms with Crippen molar-refractivity contribution in [1.29, 1.82) is 0 Å². The van der Waals surface area contributed by atoms with Gasteiger partial charge in [0.05, 0.1) is 18.9 Å². The van der Waals surface area contributed by atoms with Crippen LogP contribution in [0.15, 0.2) is 41.0 Å². The number of ether oxygens (including phenoxy) is 1. The Morgan fingerprint density at radius 3 is 3.00 bits per heavy atom. The topological polar surface area (TPSA) is 34.4 Å². The Hall–Kier alpha value is -1.74. The second-order valence-corrected chi connectivity index (χ2v) is 4.79. The first-order valence-electron chi connectivity index (χ1n) is 6.91. The number of furan rings is 1. The van der Waals surface area contributed by atoms with E-state index in [-0.39, 0.29) is 6.04 Å². The molecule has 3 heteroatoms. The molecule has 0 fully saturated rings. The first-order valence-corrected chi connectivity index (χ1v) is 6.91. The Morgan fingerprint density at radius 1 is 1.26 bits per heavy atom. The summed E-state index contributed by atoms with van der Waals surface area (Å²) in [7, 11) is 0. The number of rotatable bonds is 4. The Balaban J connectivity index is 2.03. The normalized spacial score (nSPS) is 15.6. The highest BCUT2D eigenvalue weighted by atomic mass is 16.5. The molecule has 0 bridgehead atoms. The molecule has 1 aliphatic rings. The molecule has 1 atom stereocenters. The van der Waals surface area contributed by atoms with Crippen LogP contribution in [0.25, 0.3) is 0 Å². The van der Waals surface area contributed by atoms with Crippen molar-refractivity contribution in [3.63, 3.8) is 0 Å². The number of hydrogen-bond acceptors (Lipinski definition) is 3. The molecule has 0 aliphatic carbocycles. The van der Waals surface area contributed by atoms with Crippen molar-refractivity contribution in [2.45, 2.75) is 25.8 Å². The molecule has 3 rings (SSSR count). The van der Waals surface area contributed by atoms with Crippen LogP contribution >= 0.6 is 0 Å². The van der Waals surface area contributed by atoms with E-state index in [9.17, 15) is 0 Å². The molecular formula is C16H19NO2. The highest BCUT2D eigenvalue weighted by Crippen LogP contribution is 2.35. The molecule has 0 amide bonds. The molecule has 1 N–H and O–H groups in total. The molecule has 19 heavy (non-hydrogen) atoms. The van der Waals surface area contributed by atoms with Crippen molar-refractivity contribution in [2.24, 2.45) is 0 Å². The summed E-state index contributed by atoms with van der Waals surface area (Å²) < 4.78 is 11.5. The monoisotopic (exact) mass is 257 g/mol. The van der Waals surface area contributed by atoms with E-state index in [1.54, 1.807) is 6.26 Å². The van der Waals surface area contributed by atoms with E-state index in [4.69, 9.17) is 9.15 Å². The lowest BCUT2D eigenvalue weighted by atomic mass is 9.96. The van der Waals surface area contributed by atoms with Crippen molar-refractivity contribution in [1.82, 2.24) is 5.32 Å². The van der Waals surface area contributed by atoms with Crippen LogP contribution in [0, 0.1) is 0 Å².